The number of benzene rings is 1. The highest BCUT2D eigenvalue weighted by atomic mass is 35.5. The van der Waals surface area contributed by atoms with Crippen molar-refractivity contribution in [3.05, 3.63) is 62.9 Å². The van der Waals surface area contributed by atoms with E-state index in [4.69, 9.17) is 23.8 Å². The van der Waals surface area contributed by atoms with E-state index >= 15 is 0 Å². The second kappa shape index (κ2) is 6.70. The van der Waals surface area contributed by atoms with Crippen molar-refractivity contribution in [2.75, 3.05) is 5.32 Å². The van der Waals surface area contributed by atoms with E-state index in [1.165, 1.54) is 0 Å². The Hall–Kier alpha value is -1.89. The Labute approximate surface area is 148 Å². The summed E-state index contributed by atoms with van der Waals surface area (Å²) in [6, 6.07) is 10.8. The van der Waals surface area contributed by atoms with Gasteiger partial charge >= 0.3 is 0 Å². The molecule has 1 aromatic heterocycles. The van der Waals surface area contributed by atoms with Crippen molar-refractivity contribution in [2.45, 2.75) is 13.0 Å². The smallest absolute Gasteiger partial charge is 0.255 e. The third-order valence-corrected chi connectivity index (χ3v) is 4.95. The van der Waals surface area contributed by atoms with Crippen molar-refractivity contribution < 1.29 is 4.79 Å². The SMILES string of the molecule is CC1=C(C(=O)Nc2ccccc2Cl)[C@@H](c2cccs2)NC(=S)N1. The minimum atomic E-state index is -0.272. The number of thiophene rings is 1. The van der Waals surface area contributed by atoms with Crippen LogP contribution in [0.4, 0.5) is 5.69 Å². The van der Waals surface area contributed by atoms with E-state index in [9.17, 15) is 4.79 Å². The zero-order valence-corrected chi connectivity index (χ0v) is 14.6. The third-order valence-electron chi connectivity index (χ3n) is 3.46. The van der Waals surface area contributed by atoms with Crippen molar-refractivity contribution in [1.82, 2.24) is 10.6 Å². The monoisotopic (exact) mass is 363 g/mol. The molecule has 1 aromatic carbocycles. The molecule has 7 heteroatoms. The molecule has 3 N–H and O–H groups in total. The first kappa shape index (κ1) is 16.0. The van der Waals surface area contributed by atoms with Crippen LogP contribution in [0.25, 0.3) is 0 Å². The van der Waals surface area contributed by atoms with Crippen LogP contribution in [0.5, 0.6) is 0 Å². The van der Waals surface area contributed by atoms with Crippen molar-refractivity contribution in [2.24, 2.45) is 0 Å². The second-order valence-electron chi connectivity index (χ2n) is 5.02. The van der Waals surface area contributed by atoms with E-state index in [1.807, 2.05) is 36.6 Å². The summed E-state index contributed by atoms with van der Waals surface area (Å²) in [6.07, 6.45) is 0. The molecule has 0 radical (unpaired) electrons. The number of hydrogen-bond acceptors (Lipinski definition) is 3. The number of amides is 1. The molecule has 1 amide bonds. The number of thiocarbonyl (C=S) groups is 1. The number of allylic oxidation sites excluding steroid dienone is 1. The molecule has 0 fully saturated rings. The van der Waals surface area contributed by atoms with Crippen molar-refractivity contribution >= 4 is 51.9 Å². The number of carbonyl (C=O) groups excluding carboxylic acids is 1. The third kappa shape index (κ3) is 3.39. The Morgan fingerprint density at radius 2 is 2.09 bits per heavy atom. The van der Waals surface area contributed by atoms with Crippen LogP contribution < -0.4 is 16.0 Å². The van der Waals surface area contributed by atoms with Gasteiger partial charge in [-0.05, 0) is 42.7 Å². The molecule has 3 rings (SSSR count). The molecule has 0 saturated heterocycles. The lowest BCUT2D eigenvalue weighted by Crippen LogP contribution is -2.45. The molecule has 1 aliphatic heterocycles. The fourth-order valence-electron chi connectivity index (χ4n) is 2.42. The number of nitrogens with one attached hydrogen (secondary N) is 3. The Bertz CT molecular complexity index is 786. The van der Waals surface area contributed by atoms with Gasteiger partial charge in [0, 0.05) is 10.6 Å². The summed E-state index contributed by atoms with van der Waals surface area (Å²) in [7, 11) is 0. The molecular formula is C16H14ClN3OS2. The van der Waals surface area contributed by atoms with Crippen LogP contribution in [0.3, 0.4) is 0 Å². The molecule has 0 saturated carbocycles. The summed E-state index contributed by atoms with van der Waals surface area (Å²) in [4.78, 5) is 13.8. The Morgan fingerprint density at radius 3 is 2.78 bits per heavy atom. The largest absolute Gasteiger partial charge is 0.350 e. The molecule has 1 atom stereocenters. The van der Waals surface area contributed by atoms with Crippen LogP contribution in [-0.2, 0) is 4.79 Å². The Kier molecular flexibility index (Phi) is 4.66. The van der Waals surface area contributed by atoms with Crippen LogP contribution in [0.2, 0.25) is 5.02 Å². The van der Waals surface area contributed by atoms with Gasteiger partial charge in [0.1, 0.15) is 0 Å². The van der Waals surface area contributed by atoms with E-state index in [-0.39, 0.29) is 11.9 Å². The van der Waals surface area contributed by atoms with Crippen LogP contribution in [0, 0.1) is 0 Å². The number of hydrogen-bond donors (Lipinski definition) is 3. The first-order chi connectivity index (χ1) is 11.1. The van der Waals surface area contributed by atoms with Gasteiger partial charge in [-0.15, -0.1) is 11.3 Å². The zero-order valence-electron chi connectivity index (χ0n) is 12.2. The van der Waals surface area contributed by atoms with E-state index < -0.39 is 0 Å². The maximum Gasteiger partial charge on any atom is 0.255 e. The van der Waals surface area contributed by atoms with E-state index in [0.29, 0.717) is 21.4 Å². The average molecular weight is 364 g/mol. The highest BCUT2D eigenvalue weighted by Crippen LogP contribution is 2.31. The summed E-state index contributed by atoms with van der Waals surface area (Å²) in [5.74, 6) is -0.212. The minimum Gasteiger partial charge on any atom is -0.350 e. The van der Waals surface area contributed by atoms with Gasteiger partial charge in [-0.2, -0.15) is 0 Å². The van der Waals surface area contributed by atoms with Gasteiger partial charge < -0.3 is 16.0 Å². The molecule has 2 heterocycles. The molecule has 0 aliphatic carbocycles. The quantitative estimate of drug-likeness (QED) is 0.725. The van der Waals surface area contributed by atoms with Gasteiger partial charge in [-0.3, -0.25) is 4.79 Å². The first-order valence-corrected chi connectivity index (χ1v) is 8.60. The second-order valence-corrected chi connectivity index (χ2v) is 6.81. The van der Waals surface area contributed by atoms with Gasteiger partial charge in [-0.1, -0.05) is 29.8 Å². The van der Waals surface area contributed by atoms with Gasteiger partial charge in [-0.25, -0.2) is 0 Å². The molecule has 1 aliphatic rings. The molecule has 2 aromatic rings. The molecular weight excluding hydrogens is 350 g/mol. The van der Waals surface area contributed by atoms with E-state index in [0.717, 1.165) is 10.6 Å². The summed E-state index contributed by atoms with van der Waals surface area (Å²) in [6.45, 7) is 1.84. The lowest BCUT2D eigenvalue weighted by atomic mass is 10.0. The van der Waals surface area contributed by atoms with Gasteiger partial charge in [0.15, 0.2) is 5.11 Å². The fraction of sp³-hybridized carbons (Fsp3) is 0.125. The van der Waals surface area contributed by atoms with Gasteiger partial charge in [0.25, 0.3) is 5.91 Å². The minimum absolute atomic E-state index is 0.212. The van der Waals surface area contributed by atoms with Crippen LogP contribution in [0.1, 0.15) is 17.8 Å². The van der Waals surface area contributed by atoms with Crippen LogP contribution in [0.15, 0.2) is 53.0 Å². The fourth-order valence-corrected chi connectivity index (χ4v) is 3.65. The summed E-state index contributed by atoms with van der Waals surface area (Å²) >= 11 is 12.9. The van der Waals surface area contributed by atoms with Crippen LogP contribution >= 0.6 is 35.2 Å². The number of rotatable bonds is 3. The summed E-state index contributed by atoms with van der Waals surface area (Å²) in [5.41, 5.74) is 1.91. The number of carbonyl (C=O) groups is 1. The molecule has 0 bridgehead atoms. The highest BCUT2D eigenvalue weighted by Gasteiger charge is 2.30. The van der Waals surface area contributed by atoms with Gasteiger partial charge in [0.2, 0.25) is 0 Å². The molecule has 4 nitrogen and oxygen atoms in total. The predicted octanol–water partition coefficient (Wildman–Crippen LogP) is 3.83. The lowest BCUT2D eigenvalue weighted by molar-refractivity contribution is -0.113. The maximum absolute atomic E-state index is 12.8. The Balaban J connectivity index is 1.94. The summed E-state index contributed by atoms with van der Waals surface area (Å²) < 4.78 is 0. The predicted molar refractivity (Wildman–Crippen MR) is 98.7 cm³/mol. The summed E-state index contributed by atoms with van der Waals surface area (Å²) in [5, 5.41) is 12.0. The normalized spacial score (nSPS) is 17.5. The zero-order chi connectivity index (χ0) is 16.4. The van der Waals surface area contributed by atoms with E-state index in [1.54, 1.807) is 23.5 Å². The number of para-hydroxylation sites is 1. The maximum atomic E-state index is 12.8. The molecule has 0 unspecified atom stereocenters. The number of anilines is 1. The molecule has 23 heavy (non-hydrogen) atoms. The Morgan fingerprint density at radius 1 is 1.30 bits per heavy atom. The lowest BCUT2D eigenvalue weighted by Gasteiger charge is -2.29. The topological polar surface area (TPSA) is 53.2 Å². The van der Waals surface area contributed by atoms with E-state index in [2.05, 4.69) is 16.0 Å². The number of halogens is 1. The van der Waals surface area contributed by atoms with Crippen molar-refractivity contribution in [3.63, 3.8) is 0 Å². The first-order valence-electron chi connectivity index (χ1n) is 6.94. The molecule has 118 valence electrons. The van der Waals surface area contributed by atoms with Gasteiger partial charge in [0.05, 0.1) is 22.3 Å². The van der Waals surface area contributed by atoms with Crippen LogP contribution in [-0.4, -0.2) is 11.0 Å². The van der Waals surface area contributed by atoms with Crippen molar-refractivity contribution in [1.29, 1.82) is 0 Å². The van der Waals surface area contributed by atoms with Crippen molar-refractivity contribution in [3.8, 4) is 0 Å². The molecule has 0 spiro atoms. The highest BCUT2D eigenvalue weighted by molar-refractivity contribution is 7.80. The average Bonchev–Trinajstić information content (AvgIpc) is 3.03. The standard InChI is InChI=1S/C16H14ClN3OS2/c1-9-13(15(21)19-11-6-3-2-5-10(11)17)14(20-16(22)18-9)12-7-4-8-23-12/h2-8,14H,1H3,(H,19,21)(H2,18,20,22)/t14-/m1/s1.